The minimum atomic E-state index is -0.967. The van der Waals surface area contributed by atoms with Gasteiger partial charge in [-0.3, -0.25) is 9.59 Å². The van der Waals surface area contributed by atoms with Gasteiger partial charge in [-0.05, 0) is 29.8 Å². The van der Waals surface area contributed by atoms with Crippen LogP contribution < -0.4 is 5.56 Å². The SMILES string of the molecule is CCC(C)(Cn1nnnc1-c1cc[nH]c(=O)c1)C(=O)O. The van der Waals surface area contributed by atoms with Gasteiger partial charge in [-0.2, -0.15) is 0 Å². The molecule has 2 rings (SSSR count). The number of nitrogens with zero attached hydrogens (tertiary/aromatic N) is 4. The summed E-state index contributed by atoms with van der Waals surface area (Å²) in [6.07, 6.45) is 1.93. The van der Waals surface area contributed by atoms with Crippen LogP contribution >= 0.6 is 0 Å². The van der Waals surface area contributed by atoms with Crippen LogP contribution in [0.25, 0.3) is 11.4 Å². The minimum Gasteiger partial charge on any atom is -0.481 e. The number of pyridine rings is 1. The molecule has 0 saturated carbocycles. The number of carbonyl (C=O) groups is 1. The molecule has 0 spiro atoms. The molecule has 1 atom stereocenters. The van der Waals surface area contributed by atoms with Gasteiger partial charge in [-0.15, -0.1) is 5.10 Å². The first-order valence-corrected chi connectivity index (χ1v) is 6.15. The molecule has 0 aliphatic carbocycles. The first kappa shape index (κ1) is 13.9. The van der Waals surface area contributed by atoms with Gasteiger partial charge in [0.1, 0.15) is 0 Å². The van der Waals surface area contributed by atoms with Crippen LogP contribution in [0.5, 0.6) is 0 Å². The summed E-state index contributed by atoms with van der Waals surface area (Å²) in [5.74, 6) is -0.538. The molecule has 0 aliphatic rings. The van der Waals surface area contributed by atoms with E-state index in [1.54, 1.807) is 19.9 Å². The maximum absolute atomic E-state index is 11.3. The predicted octanol–water partition coefficient (Wildman–Crippen LogP) is 0.529. The maximum Gasteiger partial charge on any atom is 0.311 e. The van der Waals surface area contributed by atoms with E-state index in [1.165, 1.54) is 16.9 Å². The molecule has 8 heteroatoms. The topological polar surface area (TPSA) is 114 Å². The molecule has 106 valence electrons. The summed E-state index contributed by atoms with van der Waals surface area (Å²) < 4.78 is 1.41. The van der Waals surface area contributed by atoms with Gasteiger partial charge >= 0.3 is 5.97 Å². The second-order valence-electron chi connectivity index (χ2n) is 4.82. The molecule has 0 amide bonds. The Hall–Kier alpha value is -2.51. The monoisotopic (exact) mass is 277 g/mol. The number of hydrogen-bond acceptors (Lipinski definition) is 5. The normalized spacial score (nSPS) is 13.9. The Kier molecular flexibility index (Phi) is 3.64. The van der Waals surface area contributed by atoms with Crippen molar-refractivity contribution >= 4 is 5.97 Å². The van der Waals surface area contributed by atoms with Crippen LogP contribution in [0.4, 0.5) is 0 Å². The molecule has 0 saturated heterocycles. The fraction of sp³-hybridized carbons (Fsp3) is 0.417. The quantitative estimate of drug-likeness (QED) is 0.824. The zero-order valence-corrected chi connectivity index (χ0v) is 11.2. The van der Waals surface area contributed by atoms with E-state index in [1.807, 2.05) is 0 Å². The molecule has 2 N–H and O–H groups in total. The molecule has 0 radical (unpaired) electrons. The van der Waals surface area contributed by atoms with Crippen LogP contribution in [0.15, 0.2) is 23.1 Å². The first-order chi connectivity index (χ1) is 9.46. The van der Waals surface area contributed by atoms with E-state index < -0.39 is 11.4 Å². The number of H-pyrrole nitrogens is 1. The second kappa shape index (κ2) is 5.24. The summed E-state index contributed by atoms with van der Waals surface area (Å²) in [4.78, 5) is 25.2. The van der Waals surface area contributed by atoms with E-state index in [-0.39, 0.29) is 12.1 Å². The molecular formula is C12H15N5O3. The minimum absolute atomic E-state index is 0.133. The summed E-state index contributed by atoms with van der Waals surface area (Å²) in [6, 6.07) is 3.03. The third-order valence-corrected chi connectivity index (χ3v) is 3.36. The van der Waals surface area contributed by atoms with Crippen molar-refractivity contribution < 1.29 is 9.90 Å². The number of tetrazole rings is 1. The Labute approximate surface area is 114 Å². The highest BCUT2D eigenvalue weighted by molar-refractivity contribution is 5.74. The van der Waals surface area contributed by atoms with E-state index in [9.17, 15) is 14.7 Å². The van der Waals surface area contributed by atoms with Crippen molar-refractivity contribution in [1.29, 1.82) is 0 Å². The number of rotatable bonds is 5. The van der Waals surface area contributed by atoms with Gasteiger partial charge in [0.15, 0.2) is 5.82 Å². The highest BCUT2D eigenvalue weighted by atomic mass is 16.4. The smallest absolute Gasteiger partial charge is 0.311 e. The van der Waals surface area contributed by atoms with Crippen LogP contribution in [0.2, 0.25) is 0 Å². The van der Waals surface area contributed by atoms with Crippen molar-refractivity contribution in [3.05, 3.63) is 28.7 Å². The van der Waals surface area contributed by atoms with Crippen LogP contribution in [0.1, 0.15) is 20.3 Å². The Morgan fingerprint density at radius 2 is 2.30 bits per heavy atom. The standard InChI is InChI=1S/C12H15N5O3/c1-3-12(2,11(19)20)7-17-10(14-15-16-17)8-4-5-13-9(18)6-8/h4-6H,3,7H2,1-2H3,(H,13,18)(H,19,20). The lowest BCUT2D eigenvalue weighted by Crippen LogP contribution is -2.32. The van der Waals surface area contributed by atoms with Crippen molar-refractivity contribution in [1.82, 2.24) is 25.2 Å². The Bertz CT molecular complexity index is 677. The zero-order chi connectivity index (χ0) is 14.8. The summed E-state index contributed by atoms with van der Waals surface area (Å²) in [7, 11) is 0. The summed E-state index contributed by atoms with van der Waals surface area (Å²) in [6.45, 7) is 3.57. The molecule has 1 unspecified atom stereocenters. The lowest BCUT2D eigenvalue weighted by molar-refractivity contribution is -0.149. The van der Waals surface area contributed by atoms with Gasteiger partial charge in [0, 0.05) is 17.8 Å². The molecule has 2 heterocycles. The largest absolute Gasteiger partial charge is 0.481 e. The van der Waals surface area contributed by atoms with Gasteiger partial charge < -0.3 is 10.1 Å². The van der Waals surface area contributed by atoms with E-state index in [4.69, 9.17) is 0 Å². The first-order valence-electron chi connectivity index (χ1n) is 6.15. The number of aromatic nitrogens is 5. The summed E-state index contributed by atoms with van der Waals surface area (Å²) in [5.41, 5.74) is -0.693. The molecule has 0 aromatic carbocycles. The van der Waals surface area contributed by atoms with Crippen molar-refractivity contribution in [3.8, 4) is 11.4 Å². The second-order valence-corrected chi connectivity index (χ2v) is 4.82. The van der Waals surface area contributed by atoms with Crippen LogP contribution in [-0.4, -0.2) is 36.3 Å². The van der Waals surface area contributed by atoms with E-state index in [0.29, 0.717) is 17.8 Å². The van der Waals surface area contributed by atoms with Gasteiger partial charge in [-0.1, -0.05) is 6.92 Å². The fourth-order valence-electron chi connectivity index (χ4n) is 1.76. The van der Waals surface area contributed by atoms with Gasteiger partial charge in [0.25, 0.3) is 0 Å². The average Bonchev–Trinajstić information content (AvgIpc) is 2.86. The molecule has 0 bridgehead atoms. The highest BCUT2D eigenvalue weighted by Gasteiger charge is 2.33. The lowest BCUT2D eigenvalue weighted by atomic mass is 9.88. The third-order valence-electron chi connectivity index (χ3n) is 3.36. The number of aromatic amines is 1. The third kappa shape index (κ3) is 2.58. The predicted molar refractivity (Wildman–Crippen MR) is 69.9 cm³/mol. The summed E-state index contributed by atoms with van der Waals surface area (Å²) in [5, 5.41) is 20.5. The Morgan fingerprint density at radius 3 is 2.90 bits per heavy atom. The average molecular weight is 277 g/mol. The summed E-state index contributed by atoms with van der Waals surface area (Å²) >= 11 is 0. The van der Waals surface area contributed by atoms with Crippen LogP contribution in [0.3, 0.4) is 0 Å². The number of carboxylic acid groups (broad SMARTS) is 1. The lowest BCUT2D eigenvalue weighted by Gasteiger charge is -2.22. The van der Waals surface area contributed by atoms with Crippen molar-refractivity contribution in [2.75, 3.05) is 0 Å². The molecule has 0 aliphatic heterocycles. The highest BCUT2D eigenvalue weighted by Crippen LogP contribution is 2.25. The Morgan fingerprint density at radius 1 is 1.55 bits per heavy atom. The van der Waals surface area contributed by atoms with Gasteiger partial charge in [0.2, 0.25) is 5.56 Å². The van der Waals surface area contributed by atoms with Crippen LogP contribution in [0, 0.1) is 5.41 Å². The Balaban J connectivity index is 2.39. The number of hydrogen-bond donors (Lipinski definition) is 2. The zero-order valence-electron chi connectivity index (χ0n) is 11.2. The fourth-order valence-corrected chi connectivity index (χ4v) is 1.76. The molecule has 20 heavy (non-hydrogen) atoms. The van der Waals surface area contributed by atoms with Gasteiger partial charge in [-0.25, -0.2) is 4.68 Å². The van der Waals surface area contributed by atoms with Crippen molar-refractivity contribution in [2.45, 2.75) is 26.8 Å². The van der Waals surface area contributed by atoms with E-state index in [2.05, 4.69) is 20.5 Å². The maximum atomic E-state index is 11.3. The number of aliphatic carboxylic acids is 1. The number of carboxylic acids is 1. The van der Waals surface area contributed by atoms with E-state index in [0.717, 1.165) is 0 Å². The van der Waals surface area contributed by atoms with Crippen LogP contribution in [-0.2, 0) is 11.3 Å². The van der Waals surface area contributed by atoms with E-state index >= 15 is 0 Å². The van der Waals surface area contributed by atoms with Crippen molar-refractivity contribution in [2.24, 2.45) is 5.41 Å². The molecule has 8 nitrogen and oxygen atoms in total. The van der Waals surface area contributed by atoms with Crippen molar-refractivity contribution in [3.63, 3.8) is 0 Å². The molecule has 2 aromatic heterocycles. The molecule has 0 fully saturated rings. The molecular weight excluding hydrogens is 262 g/mol. The molecule has 2 aromatic rings. The van der Waals surface area contributed by atoms with Gasteiger partial charge in [0.05, 0.1) is 12.0 Å². The number of nitrogens with one attached hydrogen (secondary N) is 1.